The summed E-state index contributed by atoms with van der Waals surface area (Å²) in [5, 5.41) is 0. The van der Waals surface area contributed by atoms with Crippen molar-refractivity contribution in [3.63, 3.8) is 0 Å². The van der Waals surface area contributed by atoms with Crippen molar-refractivity contribution < 1.29 is 28.6 Å². The van der Waals surface area contributed by atoms with Crippen LogP contribution in [0.1, 0.15) is 67.2 Å². The number of ketones is 1. The molecule has 6 nitrogen and oxygen atoms in total. The minimum absolute atomic E-state index is 0.0411. The van der Waals surface area contributed by atoms with Crippen molar-refractivity contribution in [1.29, 1.82) is 0 Å². The van der Waals surface area contributed by atoms with Crippen molar-refractivity contribution in [1.82, 2.24) is 0 Å². The SMILES string of the molecule is CC=C(C)C(=O)OC1CCC(C)(C2CCC(C)=CC2=O)OC1(C)COC(C)=O. The van der Waals surface area contributed by atoms with Gasteiger partial charge in [-0.3, -0.25) is 9.59 Å². The second kappa shape index (κ2) is 8.60. The Balaban J connectivity index is 2.26. The molecule has 0 aromatic rings. The molecule has 0 spiro atoms. The van der Waals surface area contributed by atoms with Crippen molar-refractivity contribution in [2.24, 2.45) is 5.92 Å². The smallest absolute Gasteiger partial charge is 0.333 e. The molecule has 0 aromatic heterocycles. The van der Waals surface area contributed by atoms with E-state index in [1.165, 1.54) is 6.92 Å². The van der Waals surface area contributed by atoms with Crippen LogP contribution in [0, 0.1) is 5.92 Å². The van der Waals surface area contributed by atoms with Crippen LogP contribution < -0.4 is 0 Å². The fourth-order valence-corrected chi connectivity index (χ4v) is 4.04. The first kappa shape index (κ1) is 22.3. The van der Waals surface area contributed by atoms with E-state index in [0.717, 1.165) is 18.4 Å². The van der Waals surface area contributed by atoms with Gasteiger partial charge in [-0.15, -0.1) is 0 Å². The number of esters is 2. The lowest BCUT2D eigenvalue weighted by Crippen LogP contribution is -2.60. The maximum Gasteiger partial charge on any atom is 0.333 e. The molecule has 6 heteroatoms. The normalized spacial score (nSPS) is 33.9. The Kier molecular flexibility index (Phi) is 6.86. The molecule has 28 heavy (non-hydrogen) atoms. The zero-order valence-corrected chi connectivity index (χ0v) is 17.8. The minimum Gasteiger partial charge on any atom is -0.463 e. The predicted octanol–water partition coefficient (Wildman–Crippen LogP) is 3.68. The molecule has 4 unspecified atom stereocenters. The van der Waals surface area contributed by atoms with Crippen LogP contribution in [-0.4, -0.2) is 41.6 Å². The van der Waals surface area contributed by atoms with Crippen LogP contribution in [0.4, 0.5) is 0 Å². The Morgan fingerprint density at radius 1 is 1.29 bits per heavy atom. The van der Waals surface area contributed by atoms with E-state index < -0.39 is 29.2 Å². The summed E-state index contributed by atoms with van der Waals surface area (Å²) in [5.41, 5.74) is -0.149. The van der Waals surface area contributed by atoms with Crippen LogP contribution in [0.3, 0.4) is 0 Å². The fraction of sp³-hybridized carbons (Fsp3) is 0.682. The van der Waals surface area contributed by atoms with Crippen LogP contribution in [0.2, 0.25) is 0 Å². The molecule has 1 aliphatic carbocycles. The molecular weight excluding hydrogens is 360 g/mol. The van der Waals surface area contributed by atoms with Gasteiger partial charge in [0.25, 0.3) is 0 Å². The van der Waals surface area contributed by atoms with E-state index in [4.69, 9.17) is 14.2 Å². The first-order chi connectivity index (χ1) is 13.0. The van der Waals surface area contributed by atoms with Gasteiger partial charge in [0.05, 0.1) is 11.5 Å². The van der Waals surface area contributed by atoms with Crippen molar-refractivity contribution in [3.8, 4) is 0 Å². The van der Waals surface area contributed by atoms with Crippen LogP contribution in [0.5, 0.6) is 0 Å². The van der Waals surface area contributed by atoms with Crippen molar-refractivity contribution in [2.75, 3.05) is 6.61 Å². The van der Waals surface area contributed by atoms with Crippen LogP contribution in [0.15, 0.2) is 23.3 Å². The van der Waals surface area contributed by atoms with E-state index >= 15 is 0 Å². The number of hydrogen-bond donors (Lipinski definition) is 0. The average molecular weight is 392 g/mol. The summed E-state index contributed by atoms with van der Waals surface area (Å²) in [4.78, 5) is 36.3. The van der Waals surface area contributed by atoms with E-state index in [0.29, 0.717) is 18.4 Å². The summed E-state index contributed by atoms with van der Waals surface area (Å²) in [6, 6.07) is 0. The molecule has 2 rings (SSSR count). The Morgan fingerprint density at radius 2 is 1.96 bits per heavy atom. The Hall–Kier alpha value is -1.95. The van der Waals surface area contributed by atoms with Crippen molar-refractivity contribution >= 4 is 17.7 Å². The molecule has 1 heterocycles. The summed E-state index contributed by atoms with van der Waals surface area (Å²) in [5.74, 6) is -1.04. The standard InChI is InChI=1S/C22H32O6/c1-7-15(3)20(25)27-19-10-11-21(5,17-9-8-14(2)12-18(17)24)28-22(19,6)13-26-16(4)23/h7,12,17,19H,8-11,13H2,1-6H3. The highest BCUT2D eigenvalue weighted by Crippen LogP contribution is 2.44. The summed E-state index contributed by atoms with van der Waals surface area (Å²) in [7, 11) is 0. The zero-order valence-electron chi connectivity index (χ0n) is 17.8. The van der Waals surface area contributed by atoms with Gasteiger partial charge >= 0.3 is 11.9 Å². The molecule has 0 radical (unpaired) electrons. The largest absolute Gasteiger partial charge is 0.463 e. The topological polar surface area (TPSA) is 78.9 Å². The molecule has 1 aliphatic heterocycles. The summed E-state index contributed by atoms with van der Waals surface area (Å²) in [6.07, 6.45) is 5.52. The maximum absolute atomic E-state index is 12.6. The lowest BCUT2D eigenvalue weighted by molar-refractivity contribution is -0.257. The van der Waals surface area contributed by atoms with E-state index in [-0.39, 0.29) is 18.3 Å². The van der Waals surface area contributed by atoms with E-state index in [1.807, 2.05) is 13.8 Å². The molecule has 2 aliphatic rings. The third-order valence-corrected chi connectivity index (χ3v) is 5.91. The van der Waals surface area contributed by atoms with Gasteiger partial charge in [0.15, 0.2) is 5.78 Å². The monoisotopic (exact) mass is 392 g/mol. The summed E-state index contributed by atoms with van der Waals surface area (Å²) in [6.45, 7) is 10.4. The second-order valence-corrected chi connectivity index (χ2v) is 8.40. The summed E-state index contributed by atoms with van der Waals surface area (Å²) < 4.78 is 17.4. The van der Waals surface area contributed by atoms with E-state index in [9.17, 15) is 14.4 Å². The minimum atomic E-state index is -1.03. The number of carbonyl (C=O) groups is 3. The molecule has 4 atom stereocenters. The number of carbonyl (C=O) groups excluding carboxylic acids is 3. The van der Waals surface area contributed by atoms with E-state index in [2.05, 4.69) is 0 Å². The lowest BCUT2D eigenvalue weighted by atomic mass is 9.72. The molecule has 0 amide bonds. The number of ether oxygens (including phenoxy) is 3. The molecule has 0 bridgehead atoms. The number of rotatable bonds is 5. The predicted molar refractivity (Wildman–Crippen MR) is 105 cm³/mol. The molecule has 1 fully saturated rings. The zero-order chi connectivity index (χ0) is 21.1. The lowest BCUT2D eigenvalue weighted by Gasteiger charge is -2.51. The highest BCUT2D eigenvalue weighted by Gasteiger charge is 2.53. The molecular formula is C22H32O6. The third-order valence-electron chi connectivity index (χ3n) is 5.91. The first-order valence-corrected chi connectivity index (χ1v) is 9.89. The highest BCUT2D eigenvalue weighted by molar-refractivity contribution is 5.94. The van der Waals surface area contributed by atoms with Gasteiger partial charge in [-0.05, 0) is 66.4 Å². The van der Waals surface area contributed by atoms with Crippen LogP contribution in [-0.2, 0) is 28.6 Å². The first-order valence-electron chi connectivity index (χ1n) is 9.89. The fourth-order valence-electron chi connectivity index (χ4n) is 4.04. The quantitative estimate of drug-likeness (QED) is 0.525. The van der Waals surface area contributed by atoms with Gasteiger partial charge in [0.1, 0.15) is 18.3 Å². The molecule has 156 valence electrons. The van der Waals surface area contributed by atoms with Gasteiger partial charge in [-0.25, -0.2) is 4.79 Å². The van der Waals surface area contributed by atoms with Gasteiger partial charge in [-0.2, -0.15) is 0 Å². The second-order valence-electron chi connectivity index (χ2n) is 8.40. The molecule has 0 N–H and O–H groups in total. The van der Waals surface area contributed by atoms with E-state index in [1.54, 1.807) is 32.9 Å². The highest BCUT2D eigenvalue weighted by atomic mass is 16.6. The Morgan fingerprint density at radius 3 is 2.54 bits per heavy atom. The van der Waals surface area contributed by atoms with Crippen molar-refractivity contribution in [3.05, 3.63) is 23.3 Å². The molecule has 1 saturated heterocycles. The Bertz CT molecular complexity index is 706. The van der Waals surface area contributed by atoms with Crippen LogP contribution >= 0.6 is 0 Å². The summed E-state index contributed by atoms with van der Waals surface area (Å²) >= 11 is 0. The molecule has 0 aromatic carbocycles. The number of hydrogen-bond acceptors (Lipinski definition) is 6. The Labute approximate surface area is 167 Å². The average Bonchev–Trinajstić information content (AvgIpc) is 2.61. The van der Waals surface area contributed by atoms with Gasteiger partial charge in [0.2, 0.25) is 0 Å². The third kappa shape index (κ3) is 4.90. The van der Waals surface area contributed by atoms with Gasteiger partial charge in [0, 0.05) is 12.5 Å². The van der Waals surface area contributed by atoms with Gasteiger partial charge < -0.3 is 14.2 Å². The van der Waals surface area contributed by atoms with Crippen LogP contribution in [0.25, 0.3) is 0 Å². The maximum atomic E-state index is 12.6. The number of allylic oxidation sites excluding steroid dienone is 3. The molecule has 0 saturated carbocycles. The van der Waals surface area contributed by atoms with Gasteiger partial charge in [-0.1, -0.05) is 11.6 Å². The van der Waals surface area contributed by atoms with Crippen molar-refractivity contribution in [2.45, 2.75) is 84.5 Å².